The third kappa shape index (κ3) is 6.76. The molecule has 2 aliphatic carbocycles. The van der Waals surface area contributed by atoms with Gasteiger partial charge in [0.15, 0.2) is 5.75 Å². The molecule has 0 bridgehead atoms. The topological polar surface area (TPSA) is 86.7 Å². The highest BCUT2D eigenvalue weighted by atomic mass is 35.5. The van der Waals surface area contributed by atoms with E-state index in [4.69, 9.17) is 23.2 Å². The van der Waals surface area contributed by atoms with E-state index in [1.54, 1.807) is 18.2 Å². The number of hydrogen-bond donors (Lipinski definition) is 2. The SMILES string of the molecule is CC(C)NC(=O)C1=CCC(C)(CN(CC2=CC=C(F)CC2)S(=O)(=O)c2cc(Cl)cc(Cl)c2O)C=C1. The molecule has 0 radical (unpaired) electrons. The van der Waals surface area contributed by atoms with Crippen LogP contribution in [0, 0.1) is 5.41 Å². The van der Waals surface area contributed by atoms with Gasteiger partial charge in [-0.15, -0.1) is 0 Å². The summed E-state index contributed by atoms with van der Waals surface area (Å²) in [6.45, 7) is 5.68. The Hall–Kier alpha value is -2.13. The second-order valence-corrected chi connectivity index (χ2v) is 12.2. The number of sulfonamides is 1. The average molecular weight is 543 g/mol. The highest BCUT2D eigenvalue weighted by molar-refractivity contribution is 7.89. The van der Waals surface area contributed by atoms with Gasteiger partial charge >= 0.3 is 0 Å². The van der Waals surface area contributed by atoms with Crippen molar-refractivity contribution in [2.24, 2.45) is 5.41 Å². The standard InChI is InChI=1S/C25H29Cl2FN2O4S/c1-16(2)29-24(32)18-8-10-25(3,11-9-18)15-30(14-17-4-6-20(28)7-5-17)35(33,34)22-13-19(26)12-21(27)23(22)31/h4,6,8-10,12-13,16,31H,5,7,11,14-15H2,1-3H3,(H,29,32). The molecule has 0 saturated heterocycles. The minimum Gasteiger partial charge on any atom is -0.505 e. The molecule has 0 fully saturated rings. The van der Waals surface area contributed by atoms with Gasteiger partial charge in [-0.2, -0.15) is 4.31 Å². The van der Waals surface area contributed by atoms with Crippen molar-refractivity contribution in [3.63, 3.8) is 0 Å². The van der Waals surface area contributed by atoms with Gasteiger partial charge in [-0.1, -0.05) is 60.0 Å². The summed E-state index contributed by atoms with van der Waals surface area (Å²) in [6, 6.07) is 2.41. The number of phenols is 1. The molecule has 0 saturated carbocycles. The van der Waals surface area contributed by atoms with Gasteiger partial charge in [-0.05, 0) is 44.9 Å². The molecule has 0 aliphatic heterocycles. The van der Waals surface area contributed by atoms with Crippen molar-refractivity contribution in [1.82, 2.24) is 9.62 Å². The minimum absolute atomic E-state index is 0.00349. The number of carbonyl (C=O) groups is 1. The minimum atomic E-state index is -4.25. The number of nitrogens with one attached hydrogen (secondary N) is 1. The smallest absolute Gasteiger partial charge is 0.251 e. The van der Waals surface area contributed by atoms with Crippen molar-refractivity contribution in [2.45, 2.75) is 51.0 Å². The summed E-state index contributed by atoms with van der Waals surface area (Å²) in [6.07, 6.45) is 9.22. The van der Waals surface area contributed by atoms with Gasteiger partial charge in [0.25, 0.3) is 5.91 Å². The number of halogens is 3. The van der Waals surface area contributed by atoms with Crippen LogP contribution in [-0.4, -0.2) is 42.9 Å². The van der Waals surface area contributed by atoms with Gasteiger partial charge in [-0.25, -0.2) is 12.8 Å². The lowest BCUT2D eigenvalue weighted by Crippen LogP contribution is -2.41. The van der Waals surface area contributed by atoms with E-state index in [1.807, 2.05) is 26.8 Å². The lowest BCUT2D eigenvalue weighted by Gasteiger charge is -2.35. The van der Waals surface area contributed by atoms with Gasteiger partial charge in [0.05, 0.1) is 5.02 Å². The van der Waals surface area contributed by atoms with Crippen LogP contribution in [0.25, 0.3) is 0 Å². The number of rotatable bonds is 8. The quantitative estimate of drug-likeness (QED) is 0.442. The van der Waals surface area contributed by atoms with Crippen molar-refractivity contribution in [3.8, 4) is 5.75 Å². The van der Waals surface area contributed by atoms with Crippen LogP contribution in [0.1, 0.15) is 40.0 Å². The van der Waals surface area contributed by atoms with Crippen LogP contribution in [0.15, 0.2) is 64.4 Å². The van der Waals surface area contributed by atoms with E-state index in [2.05, 4.69) is 5.32 Å². The molecule has 1 unspecified atom stereocenters. The fraction of sp³-hybridized carbons (Fsp3) is 0.400. The van der Waals surface area contributed by atoms with Crippen LogP contribution in [0.4, 0.5) is 4.39 Å². The number of allylic oxidation sites excluding steroid dienone is 4. The molecule has 1 atom stereocenters. The molecule has 0 spiro atoms. The van der Waals surface area contributed by atoms with Crippen molar-refractivity contribution in [3.05, 3.63) is 69.5 Å². The van der Waals surface area contributed by atoms with Crippen LogP contribution in [0.3, 0.4) is 0 Å². The molecule has 2 N–H and O–H groups in total. The zero-order chi connectivity index (χ0) is 26.0. The Morgan fingerprint density at radius 1 is 1.26 bits per heavy atom. The Morgan fingerprint density at radius 3 is 2.54 bits per heavy atom. The van der Waals surface area contributed by atoms with Crippen LogP contribution in [0.2, 0.25) is 10.0 Å². The maximum absolute atomic E-state index is 13.7. The van der Waals surface area contributed by atoms with Gasteiger partial charge in [0.2, 0.25) is 10.0 Å². The van der Waals surface area contributed by atoms with Crippen LogP contribution >= 0.6 is 23.2 Å². The number of hydrogen-bond acceptors (Lipinski definition) is 4. The summed E-state index contributed by atoms with van der Waals surface area (Å²) in [4.78, 5) is 11.9. The van der Waals surface area contributed by atoms with E-state index < -0.39 is 26.1 Å². The van der Waals surface area contributed by atoms with Gasteiger partial charge in [-0.3, -0.25) is 4.79 Å². The first kappa shape index (κ1) is 27.5. The summed E-state index contributed by atoms with van der Waals surface area (Å²) in [5.41, 5.74) is 0.613. The Morgan fingerprint density at radius 2 is 1.97 bits per heavy atom. The Bertz CT molecular complexity index is 1240. The first-order valence-corrected chi connectivity index (χ1v) is 13.4. The zero-order valence-corrected chi connectivity index (χ0v) is 22.1. The summed E-state index contributed by atoms with van der Waals surface area (Å²) >= 11 is 12.0. The van der Waals surface area contributed by atoms with Crippen LogP contribution in [0.5, 0.6) is 5.75 Å². The van der Waals surface area contributed by atoms with E-state index in [1.165, 1.54) is 16.4 Å². The largest absolute Gasteiger partial charge is 0.505 e. The highest BCUT2D eigenvalue weighted by Gasteiger charge is 2.36. The summed E-state index contributed by atoms with van der Waals surface area (Å²) in [5, 5.41) is 13.2. The van der Waals surface area contributed by atoms with Crippen molar-refractivity contribution in [2.75, 3.05) is 13.1 Å². The van der Waals surface area contributed by atoms with Gasteiger partial charge in [0, 0.05) is 41.6 Å². The molecule has 1 aromatic rings. The summed E-state index contributed by atoms with van der Waals surface area (Å²) in [7, 11) is -4.25. The molecule has 10 heteroatoms. The fourth-order valence-electron chi connectivity index (χ4n) is 3.92. The van der Waals surface area contributed by atoms with E-state index in [-0.39, 0.29) is 47.3 Å². The maximum Gasteiger partial charge on any atom is 0.251 e. The fourth-order valence-corrected chi connectivity index (χ4v) is 6.24. The molecule has 2 aliphatic rings. The van der Waals surface area contributed by atoms with E-state index in [0.29, 0.717) is 18.4 Å². The normalized spacial score (nSPS) is 20.5. The Kier molecular flexibility index (Phi) is 8.52. The van der Waals surface area contributed by atoms with Gasteiger partial charge in [0.1, 0.15) is 10.7 Å². The molecule has 1 aromatic carbocycles. The first-order chi connectivity index (χ1) is 16.3. The number of nitrogens with zero attached hydrogens (tertiary/aromatic N) is 1. The van der Waals surface area contributed by atoms with E-state index in [9.17, 15) is 22.7 Å². The number of amides is 1. The molecular formula is C25H29Cl2FN2O4S. The predicted octanol–water partition coefficient (Wildman–Crippen LogP) is 5.68. The molecule has 1 amide bonds. The van der Waals surface area contributed by atoms with Crippen molar-refractivity contribution < 1.29 is 22.7 Å². The first-order valence-electron chi connectivity index (χ1n) is 11.2. The molecule has 0 aromatic heterocycles. The number of phenolic OH excluding ortho intramolecular Hbond substituents is 1. The summed E-state index contributed by atoms with van der Waals surface area (Å²) < 4.78 is 42.2. The number of benzene rings is 1. The molecule has 35 heavy (non-hydrogen) atoms. The number of aromatic hydroxyl groups is 1. The second kappa shape index (κ2) is 10.9. The zero-order valence-electron chi connectivity index (χ0n) is 19.8. The van der Waals surface area contributed by atoms with Crippen LogP contribution < -0.4 is 5.32 Å². The Labute approximate surface area is 215 Å². The van der Waals surface area contributed by atoms with E-state index in [0.717, 1.165) is 11.6 Å². The molecule has 3 rings (SSSR count). The van der Waals surface area contributed by atoms with Crippen molar-refractivity contribution in [1.29, 1.82) is 0 Å². The van der Waals surface area contributed by atoms with Gasteiger partial charge < -0.3 is 10.4 Å². The van der Waals surface area contributed by atoms with E-state index >= 15 is 0 Å². The second-order valence-electron chi connectivity index (χ2n) is 9.43. The lowest BCUT2D eigenvalue weighted by molar-refractivity contribution is -0.117. The molecule has 190 valence electrons. The molecule has 0 heterocycles. The summed E-state index contributed by atoms with van der Waals surface area (Å²) in [5.74, 6) is -1.04. The monoisotopic (exact) mass is 542 g/mol. The Balaban J connectivity index is 1.94. The molecule has 6 nitrogen and oxygen atoms in total. The molecular weight excluding hydrogens is 514 g/mol. The average Bonchev–Trinajstić information content (AvgIpc) is 2.77. The predicted molar refractivity (Wildman–Crippen MR) is 137 cm³/mol. The van der Waals surface area contributed by atoms with Crippen molar-refractivity contribution >= 4 is 39.1 Å². The van der Waals surface area contributed by atoms with Crippen LogP contribution in [-0.2, 0) is 14.8 Å². The highest BCUT2D eigenvalue weighted by Crippen LogP contribution is 2.38. The third-order valence-electron chi connectivity index (χ3n) is 5.85. The number of carbonyl (C=O) groups excluding carboxylic acids is 1. The maximum atomic E-state index is 13.7. The lowest BCUT2D eigenvalue weighted by atomic mass is 9.81. The third-order valence-corrected chi connectivity index (χ3v) is 8.16.